The summed E-state index contributed by atoms with van der Waals surface area (Å²) in [4.78, 5) is 15.4. The fraction of sp³-hybridized carbons (Fsp3) is 0.306. The first-order chi connectivity index (χ1) is 19.1. The SMILES string of the molecule is CC1=CC=C[C@@]2(C)C(=Nc3c(C)cccc3C)[C+](c3cccc(C=Nc4c(C(C)C)cccc4C(C)C)n3)[N-][C+]12. The number of aromatic nitrogens is 1. The average molecular weight is 528 g/mol. The summed E-state index contributed by atoms with van der Waals surface area (Å²) in [6.07, 6.45) is 8.34. The summed E-state index contributed by atoms with van der Waals surface area (Å²) in [5.74, 6) is 0.763. The highest BCUT2D eigenvalue weighted by Gasteiger charge is 2.53. The molecule has 0 saturated carbocycles. The lowest BCUT2D eigenvalue weighted by Gasteiger charge is -2.27. The Morgan fingerprint density at radius 2 is 1.48 bits per heavy atom. The number of pyridine rings is 1. The van der Waals surface area contributed by atoms with Crippen molar-refractivity contribution >= 4 is 23.3 Å². The number of fused-ring (bicyclic) bond motifs is 1. The molecule has 202 valence electrons. The third-order valence-corrected chi connectivity index (χ3v) is 7.93. The summed E-state index contributed by atoms with van der Waals surface area (Å²) in [7, 11) is 0. The van der Waals surface area contributed by atoms with Gasteiger partial charge in [0.25, 0.3) is 0 Å². The van der Waals surface area contributed by atoms with Crippen molar-refractivity contribution in [3.05, 3.63) is 129 Å². The van der Waals surface area contributed by atoms with Crippen LogP contribution in [-0.4, -0.2) is 16.9 Å². The number of benzene rings is 2. The molecule has 4 nitrogen and oxygen atoms in total. The highest BCUT2D eigenvalue weighted by molar-refractivity contribution is 6.15. The van der Waals surface area contributed by atoms with Gasteiger partial charge in [-0.15, -0.1) is 0 Å². The second kappa shape index (κ2) is 10.9. The maximum absolute atomic E-state index is 5.30. The first-order valence-corrected chi connectivity index (χ1v) is 14.2. The molecule has 40 heavy (non-hydrogen) atoms. The van der Waals surface area contributed by atoms with E-state index in [1.807, 2.05) is 24.4 Å². The second-order valence-corrected chi connectivity index (χ2v) is 11.7. The van der Waals surface area contributed by atoms with Gasteiger partial charge in [-0.1, -0.05) is 64.1 Å². The number of allylic oxidation sites excluding steroid dienone is 2. The van der Waals surface area contributed by atoms with Crippen molar-refractivity contribution in [2.75, 3.05) is 0 Å². The predicted octanol–water partition coefficient (Wildman–Crippen LogP) is 9.79. The van der Waals surface area contributed by atoms with Gasteiger partial charge in [0.1, 0.15) is 11.1 Å². The van der Waals surface area contributed by atoms with E-state index in [-0.39, 0.29) is 0 Å². The monoisotopic (exact) mass is 527 g/mol. The molecule has 0 spiro atoms. The van der Waals surface area contributed by atoms with E-state index in [4.69, 9.17) is 20.3 Å². The van der Waals surface area contributed by atoms with Crippen molar-refractivity contribution in [3.63, 3.8) is 0 Å². The van der Waals surface area contributed by atoms with Gasteiger partial charge in [0.2, 0.25) is 5.69 Å². The van der Waals surface area contributed by atoms with Gasteiger partial charge in [0, 0.05) is 12.1 Å². The molecule has 1 fully saturated rings. The second-order valence-electron chi connectivity index (χ2n) is 11.7. The maximum Gasteiger partial charge on any atom is 0.213 e. The molecule has 2 aliphatic rings. The topological polar surface area (TPSA) is 51.7 Å². The van der Waals surface area contributed by atoms with Crippen LogP contribution in [-0.2, 0) is 0 Å². The van der Waals surface area contributed by atoms with Crippen molar-refractivity contribution in [2.24, 2.45) is 15.4 Å². The van der Waals surface area contributed by atoms with Gasteiger partial charge in [0.05, 0.1) is 47.0 Å². The fourth-order valence-corrected chi connectivity index (χ4v) is 5.65. The van der Waals surface area contributed by atoms with Crippen LogP contribution < -0.4 is 0 Å². The molecule has 1 aromatic heterocycles. The molecule has 2 heterocycles. The minimum Gasteiger partial charge on any atom is -0.416 e. The van der Waals surface area contributed by atoms with Crippen molar-refractivity contribution in [1.82, 2.24) is 4.98 Å². The predicted molar refractivity (Wildman–Crippen MR) is 169 cm³/mol. The van der Waals surface area contributed by atoms with Crippen LogP contribution in [0.3, 0.4) is 0 Å². The minimum atomic E-state index is -0.420. The molecule has 1 aliphatic heterocycles. The zero-order chi connectivity index (χ0) is 28.6. The van der Waals surface area contributed by atoms with Gasteiger partial charge in [-0.2, -0.15) is 0 Å². The Morgan fingerprint density at radius 3 is 2.12 bits per heavy atom. The highest BCUT2D eigenvalue weighted by Crippen LogP contribution is 2.56. The molecule has 0 bridgehead atoms. The van der Waals surface area contributed by atoms with E-state index >= 15 is 0 Å². The van der Waals surface area contributed by atoms with E-state index in [0.717, 1.165) is 57.3 Å². The molecular weight excluding hydrogens is 488 g/mol. The number of rotatable bonds is 6. The highest BCUT2D eigenvalue weighted by atomic mass is 15.1. The number of nitrogens with zero attached hydrogens (tertiary/aromatic N) is 4. The van der Waals surface area contributed by atoms with Gasteiger partial charge >= 0.3 is 0 Å². The molecule has 0 radical (unpaired) electrons. The lowest BCUT2D eigenvalue weighted by Crippen LogP contribution is -2.29. The summed E-state index contributed by atoms with van der Waals surface area (Å²) in [5, 5.41) is 5.18. The van der Waals surface area contributed by atoms with Crippen molar-refractivity contribution in [1.29, 1.82) is 0 Å². The molecule has 0 N–H and O–H groups in total. The van der Waals surface area contributed by atoms with E-state index < -0.39 is 5.41 Å². The number of aryl methyl sites for hydroxylation is 2. The summed E-state index contributed by atoms with van der Waals surface area (Å²) in [6.45, 7) is 17.4. The van der Waals surface area contributed by atoms with Crippen LogP contribution in [0.25, 0.3) is 5.32 Å². The van der Waals surface area contributed by atoms with Crippen LogP contribution in [0.5, 0.6) is 0 Å². The molecule has 1 atom stereocenters. The lowest BCUT2D eigenvalue weighted by molar-refractivity contribution is 0.667. The Balaban J connectivity index is 1.58. The largest absolute Gasteiger partial charge is 0.416 e. The molecule has 0 amide bonds. The molecule has 3 aromatic rings. The molecule has 5 rings (SSSR count). The van der Waals surface area contributed by atoms with Crippen molar-refractivity contribution in [3.8, 4) is 0 Å². The zero-order valence-corrected chi connectivity index (χ0v) is 24.9. The van der Waals surface area contributed by atoms with Crippen LogP contribution in [0.1, 0.15) is 87.0 Å². The standard InChI is InChI=1S/C36H39N4/c1-22(2)28-17-11-18-29(23(3)4)32(28)37-21-27-16-10-19-30(38-27)33-35(39-31-24(5)13-9-14-25(31)6)36(8)20-12-15-26(7)34(36)40-33/h9-23H,1-8H3/q+1/t36-/m1/s1. The molecule has 2 aromatic carbocycles. The lowest BCUT2D eigenvalue weighted by atomic mass is 9.74. The third-order valence-electron chi connectivity index (χ3n) is 7.93. The Labute approximate surface area is 240 Å². The third kappa shape index (κ3) is 5.04. The Hall–Kier alpha value is -3.89. The van der Waals surface area contributed by atoms with Crippen LogP contribution in [0.15, 0.2) is 88.4 Å². The summed E-state index contributed by atoms with van der Waals surface area (Å²) in [5.41, 5.74) is 10.1. The van der Waals surface area contributed by atoms with Crippen LogP contribution in [0, 0.1) is 31.3 Å². The fourth-order valence-electron chi connectivity index (χ4n) is 5.65. The summed E-state index contributed by atoms with van der Waals surface area (Å²) >= 11 is 0. The number of para-hydroxylation sites is 2. The first-order valence-electron chi connectivity index (χ1n) is 14.2. The van der Waals surface area contributed by atoms with E-state index in [9.17, 15) is 0 Å². The molecule has 1 saturated heterocycles. The van der Waals surface area contributed by atoms with E-state index in [2.05, 4.69) is 110 Å². The Kier molecular flexibility index (Phi) is 7.57. The molecule has 4 heteroatoms. The van der Waals surface area contributed by atoms with E-state index in [0.29, 0.717) is 11.8 Å². The van der Waals surface area contributed by atoms with Gasteiger partial charge in [-0.3, -0.25) is 4.99 Å². The van der Waals surface area contributed by atoms with Gasteiger partial charge in [-0.25, -0.2) is 9.98 Å². The zero-order valence-electron chi connectivity index (χ0n) is 24.9. The maximum atomic E-state index is 5.30. The summed E-state index contributed by atoms with van der Waals surface area (Å²) in [6, 6.07) is 20.7. The van der Waals surface area contributed by atoms with Crippen molar-refractivity contribution in [2.45, 2.75) is 67.2 Å². The number of hydrogen-bond donors (Lipinski definition) is 0. The minimum absolute atomic E-state index is 0.382. The van der Waals surface area contributed by atoms with Crippen molar-refractivity contribution < 1.29 is 0 Å². The first kappa shape index (κ1) is 27.7. The van der Waals surface area contributed by atoms with Gasteiger partial charge < -0.3 is 5.32 Å². The normalized spacial score (nSPS) is 19.9. The smallest absolute Gasteiger partial charge is 0.213 e. The molecule has 1 aliphatic carbocycles. The Bertz CT molecular complexity index is 1490. The van der Waals surface area contributed by atoms with Crippen LogP contribution in [0.2, 0.25) is 0 Å². The number of hydrogen-bond acceptors (Lipinski definition) is 3. The van der Waals surface area contributed by atoms with E-state index in [1.54, 1.807) is 0 Å². The summed E-state index contributed by atoms with van der Waals surface area (Å²) < 4.78 is 0. The van der Waals surface area contributed by atoms with Crippen LogP contribution in [0.4, 0.5) is 11.4 Å². The number of aliphatic imine (C=N–C) groups is 2. The van der Waals surface area contributed by atoms with E-state index in [1.165, 1.54) is 11.1 Å². The van der Waals surface area contributed by atoms with Gasteiger partial charge in [-0.05, 0) is 80.0 Å². The Morgan fingerprint density at radius 1 is 0.850 bits per heavy atom. The van der Waals surface area contributed by atoms with Gasteiger partial charge in [0.15, 0.2) is 0 Å². The average Bonchev–Trinajstić information content (AvgIpc) is 3.22. The molecule has 0 unspecified atom stereocenters. The quantitative estimate of drug-likeness (QED) is 0.232. The van der Waals surface area contributed by atoms with Crippen LogP contribution >= 0.6 is 0 Å². The molecular formula is C36H39N4+.